The van der Waals surface area contributed by atoms with E-state index in [4.69, 9.17) is 21.3 Å². The van der Waals surface area contributed by atoms with E-state index >= 15 is 0 Å². The van der Waals surface area contributed by atoms with Gasteiger partial charge in [-0.3, -0.25) is 19.5 Å². The molecule has 0 bridgehead atoms. The Morgan fingerprint density at radius 2 is 1.87 bits per heavy atom. The van der Waals surface area contributed by atoms with Gasteiger partial charge >= 0.3 is 11.2 Å². The van der Waals surface area contributed by atoms with Crippen LogP contribution in [-0.4, -0.2) is 101 Å². The van der Waals surface area contributed by atoms with Gasteiger partial charge in [0.2, 0.25) is 0 Å². The lowest BCUT2D eigenvalue weighted by molar-refractivity contribution is -0.548. The Labute approximate surface area is 185 Å². The summed E-state index contributed by atoms with van der Waals surface area (Å²) in [6, 6.07) is 6.61. The summed E-state index contributed by atoms with van der Waals surface area (Å²) in [6.07, 6.45) is 0. The van der Waals surface area contributed by atoms with Crippen molar-refractivity contribution in [3.05, 3.63) is 34.9 Å². The zero-order chi connectivity index (χ0) is 21.3. The summed E-state index contributed by atoms with van der Waals surface area (Å²) < 4.78 is 7.40. The van der Waals surface area contributed by atoms with Crippen molar-refractivity contribution >= 4 is 46.3 Å². The summed E-state index contributed by atoms with van der Waals surface area (Å²) in [7, 11) is 3.18. The molecule has 1 atom stereocenters. The number of nitrogens with zero attached hydrogens (tertiary/aromatic N) is 5. The molecule has 3 amide bonds. The number of carbonyl (C=O) groups excluding carboxylic acids is 2. The summed E-state index contributed by atoms with van der Waals surface area (Å²) in [4.78, 5) is 35.1. The maximum atomic E-state index is 13.0. The molecule has 1 unspecified atom stereocenters. The summed E-state index contributed by atoms with van der Waals surface area (Å²) in [5.74, 6) is 1.08. The van der Waals surface area contributed by atoms with Crippen LogP contribution in [0.5, 0.6) is 0 Å². The molecule has 0 N–H and O–H groups in total. The van der Waals surface area contributed by atoms with E-state index in [2.05, 4.69) is 4.90 Å². The largest absolute Gasteiger partial charge is 0.379 e. The van der Waals surface area contributed by atoms with Crippen molar-refractivity contribution in [2.75, 3.05) is 52.7 Å². The molecule has 4 rings (SSSR count). The molecule has 1 aromatic rings. The lowest BCUT2D eigenvalue weighted by atomic mass is 10.1. The third kappa shape index (κ3) is 4.25. The predicted molar refractivity (Wildman–Crippen MR) is 117 cm³/mol. The van der Waals surface area contributed by atoms with Crippen LogP contribution in [-0.2, 0) is 16.1 Å². The topological polar surface area (TPSA) is 68.5 Å². The fourth-order valence-electron chi connectivity index (χ4n) is 3.73. The third-order valence-electron chi connectivity index (χ3n) is 5.50. The van der Waals surface area contributed by atoms with Gasteiger partial charge in [0.15, 0.2) is 0 Å². The highest BCUT2D eigenvalue weighted by Crippen LogP contribution is 2.25. The van der Waals surface area contributed by atoms with Gasteiger partial charge in [-0.05, 0) is 34.5 Å². The number of hydrogen-bond acceptors (Lipinski definition) is 6. The number of thioether (sulfide) groups is 1. The van der Waals surface area contributed by atoms with Crippen LogP contribution in [0.15, 0.2) is 29.3 Å². The van der Waals surface area contributed by atoms with Crippen LogP contribution in [0.25, 0.3) is 0 Å². The molecule has 1 aromatic carbocycles. The molecular weight excluding hydrogens is 426 g/mol. The Bertz CT molecular complexity index is 898. The average Bonchev–Trinajstić information content (AvgIpc) is 3.11. The van der Waals surface area contributed by atoms with Crippen molar-refractivity contribution in [3.8, 4) is 0 Å². The summed E-state index contributed by atoms with van der Waals surface area (Å²) in [6.45, 7) is 4.83. The molecule has 2 saturated heterocycles. The van der Waals surface area contributed by atoms with Crippen molar-refractivity contribution < 1.29 is 18.9 Å². The van der Waals surface area contributed by atoms with Gasteiger partial charge in [-0.15, -0.1) is 0 Å². The first kappa shape index (κ1) is 21.3. The number of morpholine rings is 1. The van der Waals surface area contributed by atoms with E-state index in [1.54, 1.807) is 18.8 Å². The second-order valence-corrected chi connectivity index (χ2v) is 8.95. The molecule has 30 heavy (non-hydrogen) atoms. The molecule has 8 nitrogen and oxygen atoms in total. The Morgan fingerprint density at radius 3 is 2.57 bits per heavy atom. The molecule has 3 aliphatic rings. The maximum absolute atomic E-state index is 13.0. The predicted octanol–water partition coefficient (Wildman–Crippen LogP) is 1.58. The number of urea groups is 1. The molecule has 2 fully saturated rings. The van der Waals surface area contributed by atoms with E-state index in [1.807, 2.05) is 28.8 Å². The SMILES string of the molecule is CN1C(=O)C2C(=NC(SCCN3CCOCC3)=[N+]2Cc2ccc(Cl)cc2)N(C)C1=O. The van der Waals surface area contributed by atoms with Crippen LogP contribution >= 0.6 is 23.4 Å². The first-order chi connectivity index (χ1) is 14.5. The second-order valence-electron chi connectivity index (χ2n) is 7.45. The van der Waals surface area contributed by atoms with E-state index in [-0.39, 0.29) is 11.9 Å². The van der Waals surface area contributed by atoms with Gasteiger partial charge in [-0.2, -0.15) is 0 Å². The number of amidine groups is 2. The summed E-state index contributed by atoms with van der Waals surface area (Å²) in [5, 5.41) is 1.43. The van der Waals surface area contributed by atoms with Gasteiger partial charge in [0.1, 0.15) is 6.54 Å². The molecule has 3 aliphatic heterocycles. The van der Waals surface area contributed by atoms with E-state index < -0.39 is 6.04 Å². The number of aliphatic imine (C=N–C) groups is 1. The molecule has 0 saturated carbocycles. The number of hydrogen-bond donors (Lipinski definition) is 0. The Morgan fingerprint density at radius 1 is 1.17 bits per heavy atom. The molecule has 0 radical (unpaired) electrons. The monoisotopic (exact) mass is 450 g/mol. The molecule has 0 spiro atoms. The number of carbonyl (C=O) groups is 2. The zero-order valence-electron chi connectivity index (χ0n) is 17.1. The summed E-state index contributed by atoms with van der Waals surface area (Å²) >= 11 is 7.64. The van der Waals surface area contributed by atoms with Gasteiger partial charge in [0.05, 0.1) is 13.2 Å². The first-order valence-electron chi connectivity index (χ1n) is 9.90. The highest BCUT2D eigenvalue weighted by molar-refractivity contribution is 8.13. The van der Waals surface area contributed by atoms with Gasteiger partial charge < -0.3 is 4.74 Å². The normalized spacial score (nSPS) is 22.6. The lowest BCUT2D eigenvalue weighted by Gasteiger charge is -2.30. The van der Waals surface area contributed by atoms with Gasteiger partial charge in [0.25, 0.3) is 17.8 Å². The van der Waals surface area contributed by atoms with Gasteiger partial charge in [0, 0.05) is 44.5 Å². The molecule has 160 valence electrons. The van der Waals surface area contributed by atoms with Crippen molar-refractivity contribution in [1.29, 1.82) is 0 Å². The van der Waals surface area contributed by atoms with E-state index in [9.17, 15) is 9.59 Å². The average molecular weight is 451 g/mol. The first-order valence-corrected chi connectivity index (χ1v) is 11.3. The number of fused-ring (bicyclic) bond motifs is 1. The van der Waals surface area contributed by atoms with E-state index in [0.717, 1.165) is 49.3 Å². The quantitative estimate of drug-likeness (QED) is 0.637. The smallest absolute Gasteiger partial charge is 0.358 e. The highest BCUT2D eigenvalue weighted by atomic mass is 35.5. The van der Waals surface area contributed by atoms with Gasteiger partial charge in [-0.1, -0.05) is 23.7 Å². The van der Waals surface area contributed by atoms with Crippen molar-refractivity contribution in [2.24, 2.45) is 4.99 Å². The Balaban J connectivity index is 1.57. The van der Waals surface area contributed by atoms with E-state index in [0.29, 0.717) is 17.4 Å². The zero-order valence-corrected chi connectivity index (χ0v) is 18.7. The molecule has 3 heterocycles. The Kier molecular flexibility index (Phi) is 6.43. The number of amides is 3. The van der Waals surface area contributed by atoms with Crippen LogP contribution in [0.2, 0.25) is 5.02 Å². The van der Waals surface area contributed by atoms with Gasteiger partial charge in [-0.25, -0.2) is 9.37 Å². The third-order valence-corrected chi connectivity index (χ3v) is 6.73. The minimum absolute atomic E-state index is 0.255. The number of imide groups is 1. The van der Waals surface area contributed by atoms with E-state index in [1.165, 1.54) is 16.8 Å². The van der Waals surface area contributed by atoms with Crippen LogP contribution < -0.4 is 0 Å². The Hall–Kier alpha value is -1.94. The van der Waals surface area contributed by atoms with Crippen molar-refractivity contribution in [2.45, 2.75) is 12.6 Å². The number of halogens is 1. The molecular formula is C20H25ClN5O3S+. The van der Waals surface area contributed by atoms with Crippen LogP contribution in [0.1, 0.15) is 5.56 Å². The number of rotatable bonds is 5. The van der Waals surface area contributed by atoms with Crippen LogP contribution in [0, 0.1) is 0 Å². The van der Waals surface area contributed by atoms with Crippen LogP contribution in [0.4, 0.5) is 4.79 Å². The molecule has 0 aromatic heterocycles. The van der Waals surface area contributed by atoms with Crippen molar-refractivity contribution in [3.63, 3.8) is 0 Å². The van der Waals surface area contributed by atoms with Crippen LogP contribution in [0.3, 0.4) is 0 Å². The van der Waals surface area contributed by atoms with Crippen molar-refractivity contribution in [1.82, 2.24) is 14.7 Å². The number of benzene rings is 1. The maximum Gasteiger partial charge on any atom is 0.358 e. The number of likely N-dealkylation sites (N-methyl/N-ethyl adjacent to an activating group) is 2. The fraction of sp³-hybridized carbons (Fsp3) is 0.500. The standard InChI is InChI=1S/C20H25ClN5O3S/c1-23-17-16(18(27)24(2)20(23)28)26(13-14-3-5-15(21)6-4-14)19(22-17)30-12-9-25-7-10-29-11-8-25/h3-6,16H,7-13H2,1-2H3/q+1. The molecule has 10 heteroatoms. The summed E-state index contributed by atoms with van der Waals surface area (Å²) in [5.41, 5.74) is 1.03. The second kappa shape index (κ2) is 9.05. The fourth-order valence-corrected chi connectivity index (χ4v) is 4.88. The number of ether oxygens (including phenoxy) is 1. The lowest BCUT2D eigenvalue weighted by Crippen LogP contribution is -2.61. The minimum atomic E-state index is -0.598. The molecule has 0 aliphatic carbocycles. The minimum Gasteiger partial charge on any atom is -0.379 e. The highest BCUT2D eigenvalue weighted by Gasteiger charge is 2.53.